The van der Waals surface area contributed by atoms with Crippen molar-refractivity contribution in [1.82, 2.24) is 4.90 Å². The molecule has 0 aromatic rings. The van der Waals surface area contributed by atoms with Gasteiger partial charge in [0, 0.05) is 29.1 Å². The van der Waals surface area contributed by atoms with Gasteiger partial charge in [-0.25, -0.2) is 0 Å². The third-order valence-electron chi connectivity index (χ3n) is 4.03. The molecule has 2 rings (SSSR count). The van der Waals surface area contributed by atoms with Gasteiger partial charge in [0.2, 0.25) is 0 Å². The minimum absolute atomic E-state index is 0.866. The Balaban J connectivity index is 1.78. The van der Waals surface area contributed by atoms with Crippen LogP contribution in [-0.2, 0) is 0 Å². The van der Waals surface area contributed by atoms with E-state index in [1.54, 1.807) is 0 Å². The maximum Gasteiger partial charge on any atom is 0.0276 e. The molecule has 2 aliphatic rings. The Labute approximate surface area is 109 Å². The molecule has 1 nitrogen and oxygen atoms in total. The summed E-state index contributed by atoms with van der Waals surface area (Å²) in [6.07, 6.45) is 2.87. The van der Waals surface area contributed by atoms with Crippen molar-refractivity contribution in [3.8, 4) is 0 Å². The van der Waals surface area contributed by atoms with E-state index < -0.39 is 0 Å². The van der Waals surface area contributed by atoms with Gasteiger partial charge in [-0.3, -0.25) is 4.90 Å². The lowest BCUT2D eigenvalue weighted by molar-refractivity contribution is 0.133. The van der Waals surface area contributed by atoms with Crippen LogP contribution in [0.4, 0.5) is 0 Å². The summed E-state index contributed by atoms with van der Waals surface area (Å²) in [5.74, 6) is 7.36. The Bertz CT molecular complexity index is 192. The summed E-state index contributed by atoms with van der Waals surface area (Å²) in [6.45, 7) is 7.48. The normalized spacial score (nSPS) is 27.2. The van der Waals surface area contributed by atoms with E-state index >= 15 is 0 Å². The summed E-state index contributed by atoms with van der Waals surface area (Å²) < 4.78 is 0. The maximum absolute atomic E-state index is 2.77. The van der Waals surface area contributed by atoms with E-state index in [1.165, 1.54) is 48.9 Å². The Hall–Kier alpha value is 0.660. The van der Waals surface area contributed by atoms with E-state index in [9.17, 15) is 0 Å². The van der Waals surface area contributed by atoms with Crippen molar-refractivity contribution in [3.05, 3.63) is 0 Å². The van der Waals surface area contributed by atoms with Crippen molar-refractivity contribution in [2.75, 3.05) is 36.1 Å². The number of likely N-dealkylation sites (tertiary alicyclic amines) is 1. The van der Waals surface area contributed by atoms with Crippen molar-refractivity contribution in [2.24, 2.45) is 11.8 Å². The van der Waals surface area contributed by atoms with Crippen LogP contribution in [0.2, 0.25) is 0 Å². The molecule has 2 heterocycles. The molecule has 0 saturated carbocycles. The minimum Gasteiger partial charge on any atom is -0.299 e. The van der Waals surface area contributed by atoms with Crippen molar-refractivity contribution in [2.45, 2.75) is 32.7 Å². The van der Waals surface area contributed by atoms with Gasteiger partial charge < -0.3 is 0 Å². The highest BCUT2D eigenvalue weighted by Gasteiger charge is 2.26. The van der Waals surface area contributed by atoms with E-state index in [2.05, 4.69) is 42.3 Å². The molecule has 0 amide bonds. The fourth-order valence-corrected chi connectivity index (χ4v) is 5.39. The van der Waals surface area contributed by atoms with Gasteiger partial charge in [-0.05, 0) is 37.8 Å². The molecular formula is C13H25NS2. The molecule has 0 unspecified atom stereocenters. The van der Waals surface area contributed by atoms with Crippen molar-refractivity contribution in [1.29, 1.82) is 0 Å². The second-order valence-corrected chi connectivity index (χ2v) is 7.72. The predicted octanol–water partition coefficient (Wildman–Crippen LogP) is 3.20. The third kappa shape index (κ3) is 3.58. The number of rotatable bonds is 2. The molecule has 3 heteroatoms. The Morgan fingerprint density at radius 2 is 1.56 bits per heavy atom. The first-order chi connectivity index (χ1) is 7.77. The van der Waals surface area contributed by atoms with E-state index in [0.717, 1.165) is 17.9 Å². The monoisotopic (exact) mass is 259 g/mol. The predicted molar refractivity (Wildman–Crippen MR) is 77.6 cm³/mol. The standard InChI is InChI=1S/C13H25NS2/c1-11(2)12-3-5-14(6-4-12)13-9-15-7-8-16-10-13/h11-13H,3-10H2,1-2H3. The Morgan fingerprint density at radius 3 is 2.06 bits per heavy atom. The van der Waals surface area contributed by atoms with E-state index in [0.29, 0.717) is 0 Å². The summed E-state index contributed by atoms with van der Waals surface area (Å²) in [5.41, 5.74) is 0. The summed E-state index contributed by atoms with van der Waals surface area (Å²) in [7, 11) is 0. The van der Waals surface area contributed by atoms with Crippen molar-refractivity contribution in [3.63, 3.8) is 0 Å². The quantitative estimate of drug-likeness (QED) is 0.750. The molecule has 0 spiro atoms. The maximum atomic E-state index is 2.77. The zero-order valence-corrected chi connectivity index (χ0v) is 12.3. The van der Waals surface area contributed by atoms with Crippen LogP contribution in [0, 0.1) is 11.8 Å². The van der Waals surface area contributed by atoms with Crippen LogP contribution in [0.15, 0.2) is 0 Å². The molecule has 16 heavy (non-hydrogen) atoms. The fraction of sp³-hybridized carbons (Fsp3) is 1.00. The van der Waals surface area contributed by atoms with Crippen molar-refractivity contribution >= 4 is 23.5 Å². The largest absolute Gasteiger partial charge is 0.299 e. The SMILES string of the molecule is CC(C)C1CCN(C2CSCCSC2)CC1. The topological polar surface area (TPSA) is 3.24 Å². The zero-order chi connectivity index (χ0) is 11.4. The summed E-state index contributed by atoms with van der Waals surface area (Å²) in [6, 6.07) is 0.866. The van der Waals surface area contributed by atoms with Gasteiger partial charge in [0.25, 0.3) is 0 Å². The van der Waals surface area contributed by atoms with Gasteiger partial charge in [-0.1, -0.05) is 13.8 Å². The molecule has 94 valence electrons. The smallest absolute Gasteiger partial charge is 0.0276 e. The summed E-state index contributed by atoms with van der Waals surface area (Å²) in [5, 5.41) is 0. The van der Waals surface area contributed by atoms with Gasteiger partial charge in [0.05, 0.1) is 0 Å². The van der Waals surface area contributed by atoms with Gasteiger partial charge in [-0.15, -0.1) is 0 Å². The zero-order valence-electron chi connectivity index (χ0n) is 10.7. The molecule has 0 aromatic heterocycles. The molecule has 2 aliphatic heterocycles. The van der Waals surface area contributed by atoms with Crippen LogP contribution in [0.3, 0.4) is 0 Å². The van der Waals surface area contributed by atoms with E-state index in [1.807, 2.05) is 0 Å². The lowest BCUT2D eigenvalue weighted by atomic mass is 9.86. The van der Waals surface area contributed by atoms with Gasteiger partial charge in [-0.2, -0.15) is 23.5 Å². The van der Waals surface area contributed by atoms with E-state index in [-0.39, 0.29) is 0 Å². The molecule has 0 aromatic carbocycles. The molecule has 0 N–H and O–H groups in total. The lowest BCUT2D eigenvalue weighted by Crippen LogP contribution is -2.44. The first-order valence-electron chi connectivity index (χ1n) is 6.67. The lowest BCUT2D eigenvalue weighted by Gasteiger charge is -2.38. The van der Waals surface area contributed by atoms with Gasteiger partial charge in [0.1, 0.15) is 0 Å². The number of thioether (sulfide) groups is 2. The van der Waals surface area contributed by atoms with Crippen LogP contribution in [0.5, 0.6) is 0 Å². The highest BCUT2D eigenvalue weighted by atomic mass is 32.2. The fourth-order valence-electron chi connectivity index (χ4n) is 2.77. The number of piperidine rings is 1. The summed E-state index contributed by atoms with van der Waals surface area (Å²) >= 11 is 4.32. The highest BCUT2D eigenvalue weighted by molar-refractivity contribution is 8.03. The summed E-state index contributed by atoms with van der Waals surface area (Å²) in [4.78, 5) is 2.77. The van der Waals surface area contributed by atoms with Gasteiger partial charge in [0.15, 0.2) is 0 Å². The average Bonchev–Trinajstić information content (AvgIpc) is 2.57. The van der Waals surface area contributed by atoms with Gasteiger partial charge >= 0.3 is 0 Å². The average molecular weight is 259 g/mol. The van der Waals surface area contributed by atoms with Crippen LogP contribution < -0.4 is 0 Å². The van der Waals surface area contributed by atoms with Crippen LogP contribution in [0.1, 0.15) is 26.7 Å². The molecule has 0 aliphatic carbocycles. The first kappa shape index (κ1) is 13.1. The highest BCUT2D eigenvalue weighted by Crippen LogP contribution is 2.28. The second-order valence-electron chi connectivity index (χ2n) is 5.42. The molecule has 0 bridgehead atoms. The van der Waals surface area contributed by atoms with Crippen LogP contribution in [-0.4, -0.2) is 47.0 Å². The molecule has 2 saturated heterocycles. The van der Waals surface area contributed by atoms with Crippen molar-refractivity contribution < 1.29 is 0 Å². The number of nitrogens with zero attached hydrogens (tertiary/aromatic N) is 1. The molecule has 0 radical (unpaired) electrons. The molecule has 2 fully saturated rings. The second kappa shape index (κ2) is 6.55. The minimum atomic E-state index is 0.866. The first-order valence-corrected chi connectivity index (χ1v) is 8.98. The number of hydrogen-bond acceptors (Lipinski definition) is 3. The molecular weight excluding hydrogens is 234 g/mol. The Kier molecular flexibility index (Phi) is 5.37. The van der Waals surface area contributed by atoms with E-state index in [4.69, 9.17) is 0 Å². The third-order valence-corrected chi connectivity index (χ3v) is 6.51. The van der Waals surface area contributed by atoms with Crippen LogP contribution in [0.25, 0.3) is 0 Å². The molecule has 0 atom stereocenters. The Morgan fingerprint density at radius 1 is 1.00 bits per heavy atom. The van der Waals surface area contributed by atoms with Crippen LogP contribution >= 0.6 is 23.5 Å². The number of hydrogen-bond donors (Lipinski definition) is 0.